The number of rotatable bonds is 4. The topological polar surface area (TPSA) is 35.0 Å². The first kappa shape index (κ1) is 11.0. The molecule has 1 rings (SSSR count). The second kappa shape index (κ2) is 4.96. The molecule has 0 aliphatic rings. The van der Waals surface area contributed by atoms with Crippen LogP contribution in [0.25, 0.3) is 0 Å². The summed E-state index contributed by atoms with van der Waals surface area (Å²) >= 11 is 5.81. The Bertz CT molecular complexity index is 339. The van der Waals surface area contributed by atoms with E-state index in [9.17, 15) is 0 Å². The third-order valence-corrected chi connectivity index (χ3v) is 2.12. The summed E-state index contributed by atoms with van der Waals surface area (Å²) in [6.07, 6.45) is 2.21. The first-order valence-corrected chi connectivity index (χ1v) is 4.73. The molecule has 1 aromatic rings. The van der Waals surface area contributed by atoms with Crippen LogP contribution >= 0.6 is 11.6 Å². The van der Waals surface area contributed by atoms with E-state index in [-0.39, 0.29) is 0 Å². The number of hydrogen-bond donors (Lipinski definition) is 0. The summed E-state index contributed by atoms with van der Waals surface area (Å²) in [5.74, 6) is 0.547. The summed E-state index contributed by atoms with van der Waals surface area (Å²) in [5.41, 5.74) is 1.86. The molecule has 0 saturated carbocycles. The van der Waals surface area contributed by atoms with Gasteiger partial charge in [-0.3, -0.25) is 0 Å². The molecule has 0 unspecified atom stereocenters. The van der Waals surface area contributed by atoms with Gasteiger partial charge in [0.25, 0.3) is 0 Å². The number of ether oxygens (including phenoxy) is 1. The van der Waals surface area contributed by atoms with E-state index in [1.54, 1.807) is 0 Å². The van der Waals surface area contributed by atoms with E-state index in [1.807, 2.05) is 13.8 Å². The fourth-order valence-electron chi connectivity index (χ4n) is 0.881. The van der Waals surface area contributed by atoms with Crippen LogP contribution in [0.1, 0.15) is 18.9 Å². The number of hydrogen-bond acceptors (Lipinski definition) is 3. The van der Waals surface area contributed by atoms with Gasteiger partial charge in [0, 0.05) is 12.0 Å². The van der Waals surface area contributed by atoms with Gasteiger partial charge in [-0.15, -0.1) is 6.58 Å². The maximum absolute atomic E-state index is 5.81. The lowest BCUT2D eigenvalue weighted by atomic mass is 10.3. The average Bonchev–Trinajstić information content (AvgIpc) is 2.12. The van der Waals surface area contributed by atoms with Crippen LogP contribution in [0.15, 0.2) is 18.5 Å². The summed E-state index contributed by atoms with van der Waals surface area (Å²) in [6, 6.07) is 0. The molecule has 0 atom stereocenters. The van der Waals surface area contributed by atoms with Gasteiger partial charge < -0.3 is 4.74 Å². The van der Waals surface area contributed by atoms with E-state index >= 15 is 0 Å². The Morgan fingerprint density at radius 2 is 2.29 bits per heavy atom. The lowest BCUT2D eigenvalue weighted by Gasteiger charge is -2.07. The van der Waals surface area contributed by atoms with Crippen LogP contribution in [0.3, 0.4) is 0 Å². The van der Waals surface area contributed by atoms with Gasteiger partial charge in [0.1, 0.15) is 11.5 Å². The normalized spacial score (nSPS) is 9.93. The van der Waals surface area contributed by atoms with Crippen molar-refractivity contribution in [2.75, 3.05) is 6.61 Å². The first-order valence-electron chi connectivity index (χ1n) is 4.35. The zero-order chi connectivity index (χ0) is 10.6. The smallest absolute Gasteiger partial charge is 0.220 e. The zero-order valence-corrected chi connectivity index (χ0v) is 9.14. The van der Waals surface area contributed by atoms with Crippen LogP contribution in [0.2, 0.25) is 5.15 Å². The molecule has 0 aromatic carbocycles. The van der Waals surface area contributed by atoms with Crippen molar-refractivity contribution < 1.29 is 4.74 Å². The van der Waals surface area contributed by atoms with Crippen molar-refractivity contribution in [1.82, 2.24) is 9.97 Å². The molecule has 0 bridgehead atoms. The Hall–Kier alpha value is -1.09. The van der Waals surface area contributed by atoms with Crippen molar-refractivity contribution in [3.05, 3.63) is 29.2 Å². The van der Waals surface area contributed by atoms with Crippen LogP contribution < -0.4 is 4.74 Å². The molecule has 14 heavy (non-hydrogen) atoms. The van der Waals surface area contributed by atoms with Crippen molar-refractivity contribution in [2.45, 2.75) is 20.3 Å². The molecule has 0 fully saturated rings. The van der Waals surface area contributed by atoms with E-state index in [0.29, 0.717) is 17.6 Å². The van der Waals surface area contributed by atoms with Gasteiger partial charge in [-0.25, -0.2) is 9.97 Å². The minimum Gasteiger partial charge on any atom is -0.477 e. The zero-order valence-electron chi connectivity index (χ0n) is 8.38. The van der Waals surface area contributed by atoms with E-state index in [1.165, 1.54) is 6.33 Å². The van der Waals surface area contributed by atoms with Gasteiger partial charge in [-0.05, 0) is 13.8 Å². The minimum atomic E-state index is 0.435. The molecule has 1 aromatic heterocycles. The maximum atomic E-state index is 5.81. The van der Waals surface area contributed by atoms with Gasteiger partial charge in [-0.1, -0.05) is 17.2 Å². The molecule has 0 spiro atoms. The standard InChI is InChI=1S/C10H13ClN2O/c1-7(2)4-5-14-10-8(3)9(11)12-6-13-10/h6H,1,4-5H2,2-3H3. The van der Waals surface area contributed by atoms with Gasteiger partial charge in [0.15, 0.2) is 0 Å². The van der Waals surface area contributed by atoms with Crippen molar-refractivity contribution in [3.8, 4) is 5.88 Å². The molecule has 0 radical (unpaired) electrons. The SMILES string of the molecule is C=C(C)CCOc1ncnc(Cl)c1C. The van der Waals surface area contributed by atoms with Crippen molar-refractivity contribution in [1.29, 1.82) is 0 Å². The summed E-state index contributed by atoms with van der Waals surface area (Å²) in [4.78, 5) is 7.83. The Kier molecular flexibility index (Phi) is 3.89. The minimum absolute atomic E-state index is 0.435. The van der Waals surface area contributed by atoms with Crippen molar-refractivity contribution in [2.24, 2.45) is 0 Å². The van der Waals surface area contributed by atoms with Crippen molar-refractivity contribution >= 4 is 11.6 Å². The van der Waals surface area contributed by atoms with Gasteiger partial charge in [-0.2, -0.15) is 0 Å². The second-order valence-electron chi connectivity index (χ2n) is 3.15. The lowest BCUT2D eigenvalue weighted by Crippen LogP contribution is -2.01. The van der Waals surface area contributed by atoms with E-state index in [4.69, 9.17) is 16.3 Å². The highest BCUT2D eigenvalue weighted by Gasteiger charge is 2.05. The fourth-order valence-corrected chi connectivity index (χ4v) is 1.01. The molecule has 0 N–H and O–H groups in total. The predicted octanol–water partition coefficient (Wildman–Crippen LogP) is 2.78. The second-order valence-corrected chi connectivity index (χ2v) is 3.51. The molecule has 4 heteroatoms. The molecule has 0 aliphatic heterocycles. The Labute approximate surface area is 88.8 Å². The number of aromatic nitrogens is 2. The van der Waals surface area contributed by atoms with Gasteiger partial charge in [0.2, 0.25) is 5.88 Å². The third-order valence-electron chi connectivity index (χ3n) is 1.74. The maximum Gasteiger partial charge on any atom is 0.220 e. The average molecular weight is 213 g/mol. The van der Waals surface area contributed by atoms with Crippen LogP contribution in [0.5, 0.6) is 5.88 Å². The van der Waals surface area contributed by atoms with Crippen molar-refractivity contribution in [3.63, 3.8) is 0 Å². The predicted molar refractivity (Wildman–Crippen MR) is 56.7 cm³/mol. The summed E-state index contributed by atoms with van der Waals surface area (Å²) < 4.78 is 5.43. The first-order chi connectivity index (χ1) is 6.61. The summed E-state index contributed by atoms with van der Waals surface area (Å²) in [6.45, 7) is 8.15. The molecular formula is C10H13ClN2O. The molecule has 0 aliphatic carbocycles. The van der Waals surface area contributed by atoms with E-state index < -0.39 is 0 Å². The van der Waals surface area contributed by atoms with Crippen LogP contribution in [-0.4, -0.2) is 16.6 Å². The van der Waals surface area contributed by atoms with Crippen LogP contribution in [0, 0.1) is 6.92 Å². The monoisotopic (exact) mass is 212 g/mol. The summed E-state index contributed by atoms with van der Waals surface area (Å²) in [5, 5.41) is 0.435. The molecule has 1 heterocycles. The number of nitrogens with zero attached hydrogens (tertiary/aromatic N) is 2. The Morgan fingerprint density at radius 3 is 2.93 bits per heavy atom. The van der Waals surface area contributed by atoms with E-state index in [2.05, 4.69) is 16.5 Å². The van der Waals surface area contributed by atoms with E-state index in [0.717, 1.165) is 17.6 Å². The van der Waals surface area contributed by atoms with Gasteiger partial charge >= 0.3 is 0 Å². The highest BCUT2D eigenvalue weighted by atomic mass is 35.5. The molecule has 0 saturated heterocycles. The third kappa shape index (κ3) is 3.00. The highest BCUT2D eigenvalue weighted by Crippen LogP contribution is 2.20. The highest BCUT2D eigenvalue weighted by molar-refractivity contribution is 6.30. The Morgan fingerprint density at radius 1 is 1.57 bits per heavy atom. The Balaban J connectivity index is 2.59. The van der Waals surface area contributed by atoms with Crippen LogP contribution in [-0.2, 0) is 0 Å². The van der Waals surface area contributed by atoms with Crippen LogP contribution in [0.4, 0.5) is 0 Å². The van der Waals surface area contributed by atoms with Gasteiger partial charge in [0.05, 0.1) is 6.61 Å². The lowest BCUT2D eigenvalue weighted by molar-refractivity contribution is 0.306. The molecule has 0 amide bonds. The summed E-state index contributed by atoms with van der Waals surface area (Å²) in [7, 11) is 0. The quantitative estimate of drug-likeness (QED) is 0.569. The largest absolute Gasteiger partial charge is 0.477 e. The molecular weight excluding hydrogens is 200 g/mol. The fraction of sp³-hybridized carbons (Fsp3) is 0.400. The number of halogens is 1. The molecule has 3 nitrogen and oxygen atoms in total. The molecule has 76 valence electrons.